The van der Waals surface area contributed by atoms with Crippen LogP contribution in [-0.4, -0.2) is 36.6 Å². The molecule has 1 N–H and O–H groups in total. The summed E-state index contributed by atoms with van der Waals surface area (Å²) in [6.45, 7) is 2.95. The molecule has 7 heteroatoms. The number of rotatable bonds is 2. The molecular weight excluding hydrogens is 367 g/mol. The first kappa shape index (κ1) is 18.6. The maximum Gasteiger partial charge on any atom is 0.573 e. The van der Waals surface area contributed by atoms with Crippen LogP contribution in [0.3, 0.4) is 0 Å². The number of anilines is 2. The van der Waals surface area contributed by atoms with Gasteiger partial charge in [0.2, 0.25) is 0 Å². The van der Waals surface area contributed by atoms with E-state index in [1.807, 2.05) is 31.3 Å². The number of aliphatic imine (C=N–C) groups is 1. The molecule has 2 aromatic rings. The number of nitrogens with one attached hydrogen (secondary N) is 1. The van der Waals surface area contributed by atoms with E-state index in [2.05, 4.69) is 28.0 Å². The van der Waals surface area contributed by atoms with Crippen LogP contribution >= 0.6 is 0 Å². The average Bonchev–Trinajstić information content (AvgIpc) is 2.79. The fraction of sp³-hybridized carbons (Fsp3) is 0.286. The van der Waals surface area contributed by atoms with Crippen LogP contribution in [0.2, 0.25) is 0 Å². The lowest BCUT2D eigenvalue weighted by atomic mass is 9.93. The first-order chi connectivity index (χ1) is 13.3. The van der Waals surface area contributed by atoms with Crippen molar-refractivity contribution in [2.75, 3.05) is 18.9 Å². The third-order valence-corrected chi connectivity index (χ3v) is 5.06. The molecule has 2 aliphatic rings. The number of benzene rings is 2. The van der Waals surface area contributed by atoms with E-state index in [-0.39, 0.29) is 11.8 Å². The molecule has 4 rings (SSSR count). The van der Waals surface area contributed by atoms with Crippen LogP contribution in [0.15, 0.2) is 59.1 Å². The van der Waals surface area contributed by atoms with Gasteiger partial charge in [0.25, 0.3) is 0 Å². The molecule has 4 nitrogen and oxygen atoms in total. The van der Waals surface area contributed by atoms with E-state index in [0.29, 0.717) is 17.0 Å². The molecule has 28 heavy (non-hydrogen) atoms. The van der Waals surface area contributed by atoms with Crippen molar-refractivity contribution in [1.29, 1.82) is 0 Å². The maximum absolute atomic E-state index is 12.7. The van der Waals surface area contributed by atoms with Crippen molar-refractivity contribution in [3.8, 4) is 5.75 Å². The summed E-state index contributed by atoms with van der Waals surface area (Å²) in [5.41, 5.74) is 4.56. The van der Waals surface area contributed by atoms with Gasteiger partial charge in [0.05, 0.1) is 17.1 Å². The van der Waals surface area contributed by atoms with E-state index in [0.717, 1.165) is 29.9 Å². The summed E-state index contributed by atoms with van der Waals surface area (Å²) >= 11 is 0. The fourth-order valence-corrected chi connectivity index (χ4v) is 3.47. The number of ether oxygens (including phenoxy) is 1. The van der Waals surface area contributed by atoms with Crippen LogP contribution in [0.25, 0.3) is 0 Å². The zero-order chi connectivity index (χ0) is 19.9. The molecule has 2 heterocycles. The second kappa shape index (κ2) is 6.98. The van der Waals surface area contributed by atoms with Crippen LogP contribution in [-0.2, 0) is 0 Å². The van der Waals surface area contributed by atoms with E-state index in [9.17, 15) is 13.2 Å². The van der Waals surface area contributed by atoms with Crippen LogP contribution in [0, 0.1) is 0 Å². The van der Waals surface area contributed by atoms with Crippen molar-refractivity contribution >= 4 is 22.8 Å². The topological polar surface area (TPSA) is 36.9 Å². The quantitative estimate of drug-likeness (QED) is 0.748. The second-order valence-corrected chi connectivity index (χ2v) is 7.02. The first-order valence-electron chi connectivity index (χ1n) is 9.06. The predicted octanol–water partition coefficient (Wildman–Crippen LogP) is 5.41. The van der Waals surface area contributed by atoms with Crippen LogP contribution < -0.4 is 10.1 Å². The molecular formula is C21H20F3N3O. The highest BCUT2D eigenvalue weighted by Crippen LogP contribution is 2.38. The summed E-state index contributed by atoms with van der Waals surface area (Å²) in [7, 11) is 2.05. The van der Waals surface area contributed by atoms with E-state index >= 15 is 0 Å². The number of hydrogen-bond donors (Lipinski definition) is 1. The minimum absolute atomic E-state index is 0.218. The Morgan fingerprint density at radius 2 is 1.93 bits per heavy atom. The molecule has 0 saturated heterocycles. The molecule has 1 atom stereocenters. The Hall–Kier alpha value is -2.80. The number of fused-ring (bicyclic) bond motifs is 2. The molecule has 2 aromatic carbocycles. The highest BCUT2D eigenvalue weighted by atomic mass is 19.4. The smallest absolute Gasteiger partial charge is 0.406 e. The number of likely N-dealkylation sites (N-methyl/N-ethyl adjacent to an activating group) is 1. The van der Waals surface area contributed by atoms with Gasteiger partial charge in [-0.25, -0.2) is 4.99 Å². The van der Waals surface area contributed by atoms with Crippen molar-refractivity contribution in [2.45, 2.75) is 25.7 Å². The molecule has 146 valence electrons. The highest BCUT2D eigenvalue weighted by Gasteiger charge is 2.32. The van der Waals surface area contributed by atoms with Crippen molar-refractivity contribution < 1.29 is 17.9 Å². The van der Waals surface area contributed by atoms with E-state index < -0.39 is 6.36 Å². The standard InChI is InChI=1S/C21H20F3N3O/c1-13-11-14(9-10-27(13)2)20-16-12-15(28-21(22,23)24)7-8-17(16)25-18-5-3-4-6-19(18)26-20/h3-8,11-13,25H,9-10H2,1-2H3/t13-/m0/s1. The molecule has 2 aliphatic heterocycles. The summed E-state index contributed by atoms with van der Waals surface area (Å²) < 4.78 is 42.3. The number of nitrogens with zero attached hydrogens (tertiary/aromatic N) is 2. The molecule has 0 spiro atoms. The molecule has 0 radical (unpaired) electrons. The van der Waals surface area contributed by atoms with E-state index in [4.69, 9.17) is 4.99 Å². The summed E-state index contributed by atoms with van der Waals surface area (Å²) in [5, 5.41) is 3.29. The second-order valence-electron chi connectivity index (χ2n) is 7.02. The molecule has 0 fully saturated rings. The van der Waals surface area contributed by atoms with Gasteiger partial charge in [0.1, 0.15) is 5.75 Å². The molecule has 0 aliphatic carbocycles. The largest absolute Gasteiger partial charge is 0.573 e. The van der Waals surface area contributed by atoms with E-state index in [1.54, 1.807) is 6.07 Å². The lowest BCUT2D eigenvalue weighted by molar-refractivity contribution is -0.274. The third-order valence-electron chi connectivity index (χ3n) is 5.06. The van der Waals surface area contributed by atoms with Crippen molar-refractivity contribution in [3.05, 3.63) is 59.7 Å². The monoisotopic (exact) mass is 387 g/mol. The zero-order valence-corrected chi connectivity index (χ0v) is 15.5. The Morgan fingerprint density at radius 3 is 2.68 bits per heavy atom. The number of hydrogen-bond acceptors (Lipinski definition) is 4. The molecule has 0 unspecified atom stereocenters. The normalized spacial score (nSPS) is 19.5. The van der Waals surface area contributed by atoms with Gasteiger partial charge in [-0.15, -0.1) is 13.2 Å². The fourth-order valence-electron chi connectivity index (χ4n) is 3.47. The van der Waals surface area contributed by atoms with Gasteiger partial charge in [-0.2, -0.15) is 0 Å². The Labute approximate surface area is 161 Å². The van der Waals surface area contributed by atoms with Gasteiger partial charge in [0.15, 0.2) is 0 Å². The zero-order valence-electron chi connectivity index (χ0n) is 15.5. The van der Waals surface area contributed by atoms with Crippen LogP contribution in [0.1, 0.15) is 18.9 Å². The molecule has 0 bridgehead atoms. The molecule has 0 aromatic heterocycles. The number of halogens is 3. The van der Waals surface area contributed by atoms with Gasteiger partial charge < -0.3 is 10.1 Å². The summed E-state index contributed by atoms with van der Waals surface area (Å²) in [5.74, 6) is -0.256. The Kier molecular flexibility index (Phi) is 4.63. The van der Waals surface area contributed by atoms with Crippen LogP contribution in [0.5, 0.6) is 5.75 Å². The number of alkyl halides is 3. The Morgan fingerprint density at radius 1 is 1.14 bits per heavy atom. The van der Waals surface area contributed by atoms with E-state index in [1.165, 1.54) is 12.1 Å². The van der Waals surface area contributed by atoms with Gasteiger partial charge in [-0.3, -0.25) is 4.90 Å². The Balaban J connectivity index is 1.86. The SMILES string of the molecule is C[C@H]1C=C(C2=Nc3ccccc3Nc3ccc(OC(F)(F)F)cc32)CCN1C. The first-order valence-corrected chi connectivity index (χ1v) is 9.06. The van der Waals surface area contributed by atoms with Gasteiger partial charge in [-0.1, -0.05) is 18.2 Å². The predicted molar refractivity (Wildman–Crippen MR) is 104 cm³/mol. The molecule has 0 amide bonds. The highest BCUT2D eigenvalue weighted by molar-refractivity contribution is 6.18. The third kappa shape index (κ3) is 3.75. The minimum atomic E-state index is -4.74. The minimum Gasteiger partial charge on any atom is -0.406 e. The van der Waals surface area contributed by atoms with Crippen molar-refractivity contribution in [1.82, 2.24) is 4.90 Å². The summed E-state index contributed by atoms with van der Waals surface area (Å²) in [6, 6.07) is 12.1. The lowest BCUT2D eigenvalue weighted by Gasteiger charge is -2.29. The molecule has 0 saturated carbocycles. The summed E-state index contributed by atoms with van der Waals surface area (Å²) in [4.78, 5) is 7.05. The van der Waals surface area contributed by atoms with Gasteiger partial charge in [-0.05, 0) is 56.3 Å². The number of para-hydroxylation sites is 2. The van der Waals surface area contributed by atoms with Gasteiger partial charge >= 0.3 is 6.36 Å². The van der Waals surface area contributed by atoms with Crippen LogP contribution in [0.4, 0.5) is 30.2 Å². The van der Waals surface area contributed by atoms with Crippen molar-refractivity contribution in [2.24, 2.45) is 4.99 Å². The van der Waals surface area contributed by atoms with Crippen molar-refractivity contribution in [3.63, 3.8) is 0 Å². The average molecular weight is 387 g/mol. The van der Waals surface area contributed by atoms with Gasteiger partial charge in [0, 0.05) is 23.8 Å². The lowest BCUT2D eigenvalue weighted by Crippen LogP contribution is -2.33. The maximum atomic E-state index is 12.7. The Bertz CT molecular complexity index is 966. The summed E-state index contributed by atoms with van der Waals surface area (Å²) in [6.07, 6.45) is -1.85.